The van der Waals surface area contributed by atoms with Crippen LogP contribution in [-0.4, -0.2) is 11.1 Å². The van der Waals surface area contributed by atoms with Crippen molar-refractivity contribution in [3.05, 3.63) is 22.1 Å². The highest BCUT2D eigenvalue weighted by Crippen LogP contribution is 2.33. The first-order chi connectivity index (χ1) is 5.46. The molecule has 2 nitrogen and oxygen atoms in total. The lowest BCUT2D eigenvalue weighted by molar-refractivity contribution is -0.166. The van der Waals surface area contributed by atoms with Crippen molar-refractivity contribution in [2.75, 3.05) is 0 Å². The van der Waals surface area contributed by atoms with E-state index in [1.165, 1.54) is 0 Å². The summed E-state index contributed by atoms with van der Waals surface area (Å²) in [6, 6.07) is 0.802. The van der Waals surface area contributed by atoms with Gasteiger partial charge in [0.2, 0.25) is 0 Å². The molecule has 0 bridgehead atoms. The zero-order valence-corrected chi connectivity index (χ0v) is 6.37. The molecule has 1 N–H and O–H groups in total. The molecule has 0 radical (unpaired) electrons. The van der Waals surface area contributed by atoms with Crippen molar-refractivity contribution in [2.45, 2.75) is 5.92 Å². The van der Waals surface area contributed by atoms with E-state index >= 15 is 0 Å². The molecule has 12 heavy (non-hydrogen) atoms. The van der Waals surface area contributed by atoms with Gasteiger partial charge in [0, 0.05) is 0 Å². The first-order valence-corrected chi connectivity index (χ1v) is 3.69. The average molecular weight is 196 g/mol. The third-order valence-electron chi connectivity index (χ3n) is 1.17. The van der Waals surface area contributed by atoms with Gasteiger partial charge in [-0.3, -0.25) is 0 Å². The van der Waals surface area contributed by atoms with Crippen molar-refractivity contribution in [1.82, 2.24) is 0 Å². The van der Waals surface area contributed by atoms with Gasteiger partial charge in [-0.25, -0.2) is 9.18 Å². The third-order valence-corrected chi connectivity index (χ3v) is 2.13. The maximum atomic E-state index is 12.5. The van der Waals surface area contributed by atoms with E-state index in [1.807, 2.05) is 0 Å². The summed E-state index contributed by atoms with van der Waals surface area (Å²) < 4.78 is 37.6. The third kappa shape index (κ3) is 1.29. The number of hydrogen-bond acceptors (Lipinski definition) is 2. The molecule has 0 unspecified atom stereocenters. The van der Waals surface area contributed by atoms with Crippen LogP contribution in [0, 0.1) is 5.82 Å². The van der Waals surface area contributed by atoms with Crippen LogP contribution in [0.2, 0.25) is 0 Å². The summed E-state index contributed by atoms with van der Waals surface area (Å²) in [6.07, 6.45) is 0. The van der Waals surface area contributed by atoms with Crippen molar-refractivity contribution in [2.24, 2.45) is 0 Å². The molecule has 1 aromatic heterocycles. The highest BCUT2D eigenvalue weighted by atomic mass is 32.1. The molecule has 0 saturated heterocycles. The van der Waals surface area contributed by atoms with Crippen molar-refractivity contribution in [1.29, 1.82) is 0 Å². The summed E-state index contributed by atoms with van der Waals surface area (Å²) in [4.78, 5) is 8.90. The highest BCUT2D eigenvalue weighted by Gasteiger charge is 2.44. The SMILES string of the molecule is O=C(O)C(F)(F)c1sccc1F. The zero-order chi connectivity index (χ0) is 9.35. The summed E-state index contributed by atoms with van der Waals surface area (Å²) in [5, 5.41) is 9.10. The molecule has 1 heterocycles. The number of rotatable bonds is 2. The molecule has 1 rings (SSSR count). The fraction of sp³-hybridized carbons (Fsp3) is 0.167. The Hall–Kier alpha value is -1.04. The number of alkyl halides is 2. The lowest BCUT2D eigenvalue weighted by Crippen LogP contribution is -2.25. The summed E-state index contributed by atoms with van der Waals surface area (Å²) >= 11 is 0.379. The molecule has 0 aliphatic heterocycles. The molecule has 0 aliphatic carbocycles. The second-order valence-electron chi connectivity index (χ2n) is 1.98. The first-order valence-electron chi connectivity index (χ1n) is 2.81. The normalized spacial score (nSPS) is 11.6. The van der Waals surface area contributed by atoms with Gasteiger partial charge < -0.3 is 5.11 Å². The molecule has 0 aromatic carbocycles. The molecule has 1 aromatic rings. The molecule has 6 heteroatoms. The molecule has 0 amide bonds. The number of carbonyl (C=O) groups is 1. The Balaban J connectivity index is 3.13. The predicted octanol–water partition coefficient (Wildman–Crippen LogP) is 2.06. The van der Waals surface area contributed by atoms with Gasteiger partial charge >= 0.3 is 11.9 Å². The van der Waals surface area contributed by atoms with Gasteiger partial charge in [-0.1, -0.05) is 0 Å². The molecular formula is C6H3F3O2S. The molecule has 0 atom stereocenters. The van der Waals surface area contributed by atoms with Crippen molar-refractivity contribution in [3.63, 3.8) is 0 Å². The first kappa shape index (κ1) is 9.05. The van der Waals surface area contributed by atoms with Crippen LogP contribution in [-0.2, 0) is 10.7 Å². The summed E-state index contributed by atoms with van der Waals surface area (Å²) in [7, 11) is 0. The van der Waals surface area contributed by atoms with E-state index in [2.05, 4.69) is 0 Å². The number of carboxylic acids is 1. The fourth-order valence-corrected chi connectivity index (χ4v) is 1.35. The van der Waals surface area contributed by atoms with E-state index in [9.17, 15) is 18.0 Å². The smallest absolute Gasteiger partial charge is 0.380 e. The topological polar surface area (TPSA) is 37.3 Å². The van der Waals surface area contributed by atoms with E-state index in [1.54, 1.807) is 0 Å². The Morgan fingerprint density at radius 3 is 2.50 bits per heavy atom. The Kier molecular flexibility index (Phi) is 2.10. The number of hydrogen-bond donors (Lipinski definition) is 1. The summed E-state index contributed by atoms with van der Waals surface area (Å²) in [6.45, 7) is 0. The quantitative estimate of drug-likeness (QED) is 0.786. The summed E-state index contributed by atoms with van der Waals surface area (Å²) in [5.41, 5.74) is 0. The fourth-order valence-electron chi connectivity index (χ4n) is 0.615. The number of halogens is 3. The standard InChI is InChI=1S/C6H3F3O2S/c7-3-1-2-12-4(3)6(8,9)5(10)11/h1-2H,(H,10,11). The van der Waals surface area contributed by atoms with Crippen molar-refractivity contribution in [3.8, 4) is 0 Å². The average Bonchev–Trinajstić information content (AvgIpc) is 2.35. The van der Waals surface area contributed by atoms with Gasteiger partial charge in [0.25, 0.3) is 0 Å². The predicted molar refractivity (Wildman–Crippen MR) is 35.8 cm³/mol. The Morgan fingerprint density at radius 2 is 2.17 bits per heavy atom. The molecule has 0 fully saturated rings. The minimum atomic E-state index is -4.13. The zero-order valence-electron chi connectivity index (χ0n) is 5.55. The van der Waals surface area contributed by atoms with Gasteiger partial charge in [-0.15, -0.1) is 11.3 Å². The Bertz CT molecular complexity index is 307. The largest absolute Gasteiger partial charge is 0.477 e. The molecule has 0 spiro atoms. The van der Waals surface area contributed by atoms with Crippen LogP contribution in [0.5, 0.6) is 0 Å². The highest BCUT2D eigenvalue weighted by molar-refractivity contribution is 7.10. The minimum Gasteiger partial charge on any atom is -0.477 e. The maximum absolute atomic E-state index is 12.5. The van der Waals surface area contributed by atoms with Crippen molar-refractivity contribution < 1.29 is 23.1 Å². The lowest BCUT2D eigenvalue weighted by atomic mass is 10.3. The van der Waals surface area contributed by atoms with Gasteiger partial charge in [-0.05, 0) is 11.4 Å². The van der Waals surface area contributed by atoms with Crippen LogP contribution in [0.25, 0.3) is 0 Å². The van der Waals surface area contributed by atoms with Gasteiger partial charge in [0.05, 0.1) is 0 Å². The lowest BCUT2D eigenvalue weighted by Gasteiger charge is -2.07. The van der Waals surface area contributed by atoms with E-state index in [0.29, 0.717) is 11.3 Å². The van der Waals surface area contributed by atoms with Crippen LogP contribution < -0.4 is 0 Å². The van der Waals surface area contributed by atoms with Crippen LogP contribution >= 0.6 is 11.3 Å². The number of thiophene rings is 1. The van der Waals surface area contributed by atoms with E-state index in [4.69, 9.17) is 5.11 Å². The van der Waals surface area contributed by atoms with E-state index < -0.39 is 22.6 Å². The Labute approximate surface area is 69.3 Å². The number of carboxylic acid groups (broad SMARTS) is 1. The summed E-state index contributed by atoms with van der Waals surface area (Å²) in [5.74, 6) is -7.66. The van der Waals surface area contributed by atoms with Crippen LogP contribution in [0.4, 0.5) is 13.2 Å². The van der Waals surface area contributed by atoms with Gasteiger partial charge in [-0.2, -0.15) is 8.78 Å². The maximum Gasteiger partial charge on any atom is 0.380 e. The monoisotopic (exact) mass is 196 g/mol. The van der Waals surface area contributed by atoms with Gasteiger partial charge in [0.15, 0.2) is 0 Å². The molecule has 0 saturated carbocycles. The van der Waals surface area contributed by atoms with Crippen molar-refractivity contribution >= 4 is 17.3 Å². The number of aliphatic carboxylic acids is 1. The molecular weight excluding hydrogens is 193 g/mol. The second-order valence-corrected chi connectivity index (χ2v) is 2.89. The van der Waals surface area contributed by atoms with Crippen LogP contribution in [0.15, 0.2) is 11.4 Å². The molecule has 66 valence electrons. The molecule has 0 aliphatic rings. The minimum absolute atomic E-state index is 0.379. The van der Waals surface area contributed by atoms with Crippen LogP contribution in [0.1, 0.15) is 4.88 Å². The second kappa shape index (κ2) is 2.78. The van der Waals surface area contributed by atoms with E-state index in [0.717, 1.165) is 11.4 Å². The van der Waals surface area contributed by atoms with E-state index in [-0.39, 0.29) is 0 Å². The Morgan fingerprint density at radius 1 is 1.58 bits per heavy atom. The van der Waals surface area contributed by atoms with Crippen LogP contribution in [0.3, 0.4) is 0 Å². The van der Waals surface area contributed by atoms with Gasteiger partial charge in [0.1, 0.15) is 10.7 Å².